The van der Waals surface area contributed by atoms with Crippen LogP contribution in [0.2, 0.25) is 0 Å². The highest BCUT2D eigenvalue weighted by atomic mass is 16.5. The summed E-state index contributed by atoms with van der Waals surface area (Å²) in [5.74, 6) is 0.528. The highest BCUT2D eigenvalue weighted by Gasteiger charge is 2.10. The van der Waals surface area contributed by atoms with Crippen molar-refractivity contribution in [2.45, 2.75) is 12.7 Å². The number of amides is 1. The Balaban J connectivity index is 1.41. The number of aromatic amines is 1. The monoisotopic (exact) mass is 355 g/mol. The van der Waals surface area contributed by atoms with Crippen LogP contribution in [0, 0.1) is 0 Å². The zero-order valence-corrected chi connectivity index (χ0v) is 14.4. The molecule has 0 bridgehead atoms. The molecular formula is C19H21N3O4. The van der Waals surface area contributed by atoms with Crippen LogP contribution in [0.3, 0.4) is 0 Å². The number of nitrogens with zero attached hydrogens (tertiary/aromatic N) is 1. The lowest BCUT2D eigenvalue weighted by Crippen LogP contribution is -2.34. The third kappa shape index (κ3) is 4.59. The van der Waals surface area contributed by atoms with Gasteiger partial charge in [0, 0.05) is 12.1 Å². The van der Waals surface area contributed by atoms with Crippen LogP contribution in [0.25, 0.3) is 11.0 Å². The molecule has 1 aromatic heterocycles. The van der Waals surface area contributed by atoms with Crippen LogP contribution < -0.4 is 10.1 Å². The average molecular weight is 355 g/mol. The van der Waals surface area contributed by atoms with Gasteiger partial charge < -0.3 is 24.9 Å². The number of imidazole rings is 1. The maximum absolute atomic E-state index is 12.2. The van der Waals surface area contributed by atoms with E-state index in [0.717, 1.165) is 22.3 Å². The number of ether oxygens (including phenoxy) is 2. The van der Waals surface area contributed by atoms with Gasteiger partial charge in [-0.15, -0.1) is 0 Å². The van der Waals surface area contributed by atoms with E-state index in [1.54, 1.807) is 31.6 Å². The summed E-state index contributed by atoms with van der Waals surface area (Å²) < 4.78 is 10.6. The first-order chi connectivity index (χ1) is 12.7. The summed E-state index contributed by atoms with van der Waals surface area (Å²) in [5, 5.41) is 12.7. The molecule has 1 unspecified atom stereocenters. The summed E-state index contributed by atoms with van der Waals surface area (Å²) in [4.78, 5) is 19.2. The Morgan fingerprint density at radius 1 is 1.27 bits per heavy atom. The normalized spacial score (nSPS) is 12.1. The van der Waals surface area contributed by atoms with Crippen molar-refractivity contribution in [2.75, 3.05) is 20.3 Å². The number of hydrogen-bond acceptors (Lipinski definition) is 5. The van der Waals surface area contributed by atoms with Crippen LogP contribution in [-0.4, -0.2) is 47.3 Å². The van der Waals surface area contributed by atoms with E-state index in [9.17, 15) is 9.90 Å². The first kappa shape index (κ1) is 17.9. The standard InChI is InChI=1S/C19H21N3O4/c1-25-16-5-2-13(3-6-16)10-26-11-15(23)9-20-19(24)14-4-7-17-18(8-14)22-12-21-17/h2-8,12,15,23H,9-11H2,1H3,(H,20,24)(H,21,22). The van der Waals surface area contributed by atoms with Gasteiger partial charge in [0.1, 0.15) is 5.75 Å². The zero-order chi connectivity index (χ0) is 18.4. The Kier molecular flexibility index (Phi) is 5.83. The van der Waals surface area contributed by atoms with Gasteiger partial charge in [0.2, 0.25) is 0 Å². The molecule has 3 N–H and O–H groups in total. The number of aliphatic hydroxyl groups is 1. The molecule has 3 aromatic rings. The summed E-state index contributed by atoms with van der Waals surface area (Å²) in [6, 6.07) is 12.7. The summed E-state index contributed by atoms with van der Waals surface area (Å²) >= 11 is 0. The predicted molar refractivity (Wildman–Crippen MR) is 97.1 cm³/mol. The van der Waals surface area contributed by atoms with E-state index in [4.69, 9.17) is 9.47 Å². The lowest BCUT2D eigenvalue weighted by Gasteiger charge is -2.13. The summed E-state index contributed by atoms with van der Waals surface area (Å²) in [6.45, 7) is 0.625. The molecule has 0 fully saturated rings. The average Bonchev–Trinajstić information content (AvgIpc) is 3.14. The summed E-state index contributed by atoms with van der Waals surface area (Å²) in [5.41, 5.74) is 3.08. The van der Waals surface area contributed by atoms with Gasteiger partial charge >= 0.3 is 0 Å². The summed E-state index contributed by atoms with van der Waals surface area (Å²) in [7, 11) is 1.61. The molecule has 0 spiro atoms. The molecule has 2 aromatic carbocycles. The third-order valence-corrected chi connectivity index (χ3v) is 3.92. The number of nitrogens with one attached hydrogen (secondary N) is 2. The van der Waals surface area contributed by atoms with E-state index < -0.39 is 6.10 Å². The molecule has 3 rings (SSSR count). The number of rotatable bonds is 8. The van der Waals surface area contributed by atoms with E-state index >= 15 is 0 Å². The Bertz CT molecular complexity index is 861. The van der Waals surface area contributed by atoms with Crippen molar-refractivity contribution in [3.63, 3.8) is 0 Å². The van der Waals surface area contributed by atoms with E-state index in [-0.39, 0.29) is 19.1 Å². The fourth-order valence-electron chi connectivity index (χ4n) is 2.48. The van der Waals surface area contributed by atoms with Gasteiger partial charge in [-0.2, -0.15) is 0 Å². The van der Waals surface area contributed by atoms with Crippen molar-refractivity contribution in [3.8, 4) is 5.75 Å². The number of aromatic nitrogens is 2. The molecule has 7 heteroatoms. The van der Waals surface area contributed by atoms with Gasteiger partial charge in [-0.05, 0) is 35.9 Å². The number of methoxy groups -OCH3 is 1. The Labute approximate surface area is 151 Å². The van der Waals surface area contributed by atoms with E-state index in [0.29, 0.717) is 12.2 Å². The fourth-order valence-corrected chi connectivity index (χ4v) is 2.48. The number of carbonyl (C=O) groups excluding carboxylic acids is 1. The Morgan fingerprint density at radius 2 is 2.08 bits per heavy atom. The maximum atomic E-state index is 12.2. The first-order valence-corrected chi connectivity index (χ1v) is 8.26. The minimum absolute atomic E-state index is 0.114. The molecule has 0 aliphatic rings. The van der Waals surface area contributed by atoms with Crippen molar-refractivity contribution < 1.29 is 19.4 Å². The van der Waals surface area contributed by atoms with E-state index in [1.807, 2.05) is 24.3 Å². The highest BCUT2D eigenvalue weighted by molar-refractivity contribution is 5.97. The Morgan fingerprint density at radius 3 is 2.85 bits per heavy atom. The van der Waals surface area contributed by atoms with Crippen molar-refractivity contribution >= 4 is 16.9 Å². The van der Waals surface area contributed by atoms with Gasteiger partial charge in [-0.25, -0.2) is 4.98 Å². The van der Waals surface area contributed by atoms with Crippen molar-refractivity contribution in [2.24, 2.45) is 0 Å². The number of aliphatic hydroxyl groups excluding tert-OH is 1. The number of fused-ring (bicyclic) bond motifs is 1. The van der Waals surface area contributed by atoms with Gasteiger partial charge in [0.05, 0.1) is 43.8 Å². The molecule has 0 saturated heterocycles. The minimum Gasteiger partial charge on any atom is -0.497 e. The lowest BCUT2D eigenvalue weighted by atomic mass is 10.2. The van der Waals surface area contributed by atoms with Gasteiger partial charge in [0.15, 0.2) is 0 Å². The second kappa shape index (κ2) is 8.46. The maximum Gasteiger partial charge on any atom is 0.251 e. The third-order valence-electron chi connectivity index (χ3n) is 3.92. The number of benzene rings is 2. The SMILES string of the molecule is COc1ccc(COCC(O)CNC(=O)c2ccc3nc[nH]c3c2)cc1. The molecule has 136 valence electrons. The molecule has 1 atom stereocenters. The van der Waals surface area contributed by atoms with Crippen LogP contribution in [0.5, 0.6) is 5.75 Å². The molecule has 1 amide bonds. The summed E-state index contributed by atoms with van der Waals surface area (Å²) in [6.07, 6.45) is 0.795. The Hall–Kier alpha value is -2.90. The van der Waals surface area contributed by atoms with Gasteiger partial charge in [-0.1, -0.05) is 12.1 Å². The molecule has 1 heterocycles. The molecule has 0 saturated carbocycles. The fraction of sp³-hybridized carbons (Fsp3) is 0.263. The first-order valence-electron chi connectivity index (χ1n) is 8.26. The molecule has 0 aliphatic carbocycles. The minimum atomic E-state index is -0.784. The predicted octanol–water partition coefficient (Wildman–Crippen LogP) is 1.88. The van der Waals surface area contributed by atoms with Gasteiger partial charge in [-0.3, -0.25) is 4.79 Å². The van der Waals surface area contributed by atoms with Crippen molar-refractivity contribution in [3.05, 3.63) is 59.9 Å². The van der Waals surface area contributed by atoms with Gasteiger partial charge in [0.25, 0.3) is 5.91 Å². The largest absolute Gasteiger partial charge is 0.497 e. The van der Waals surface area contributed by atoms with E-state index in [1.165, 1.54) is 0 Å². The molecule has 0 radical (unpaired) electrons. The van der Waals surface area contributed by atoms with Crippen LogP contribution in [0.1, 0.15) is 15.9 Å². The number of H-pyrrole nitrogens is 1. The molecule has 0 aliphatic heterocycles. The number of carbonyl (C=O) groups is 1. The molecule has 7 nitrogen and oxygen atoms in total. The van der Waals surface area contributed by atoms with Crippen LogP contribution in [-0.2, 0) is 11.3 Å². The second-order valence-corrected chi connectivity index (χ2v) is 5.86. The lowest BCUT2D eigenvalue weighted by molar-refractivity contribution is 0.0285. The van der Waals surface area contributed by atoms with Crippen molar-refractivity contribution in [1.82, 2.24) is 15.3 Å². The topological polar surface area (TPSA) is 96.5 Å². The quantitative estimate of drug-likeness (QED) is 0.573. The van der Waals surface area contributed by atoms with Crippen LogP contribution >= 0.6 is 0 Å². The van der Waals surface area contributed by atoms with E-state index in [2.05, 4.69) is 15.3 Å². The molecule has 26 heavy (non-hydrogen) atoms. The second-order valence-electron chi connectivity index (χ2n) is 5.86. The van der Waals surface area contributed by atoms with Crippen LogP contribution in [0.4, 0.5) is 0 Å². The highest BCUT2D eigenvalue weighted by Crippen LogP contribution is 2.12. The molecular weight excluding hydrogens is 334 g/mol. The number of hydrogen-bond donors (Lipinski definition) is 3. The smallest absolute Gasteiger partial charge is 0.251 e. The zero-order valence-electron chi connectivity index (χ0n) is 14.4. The van der Waals surface area contributed by atoms with Crippen LogP contribution in [0.15, 0.2) is 48.8 Å². The van der Waals surface area contributed by atoms with Crippen molar-refractivity contribution in [1.29, 1.82) is 0 Å².